The van der Waals surface area contributed by atoms with E-state index in [1.807, 2.05) is 6.07 Å². The van der Waals surface area contributed by atoms with Crippen LogP contribution in [0.1, 0.15) is 43.5 Å². The van der Waals surface area contributed by atoms with Gasteiger partial charge in [-0.1, -0.05) is 6.07 Å². The number of fused-ring (bicyclic) bond motifs is 1. The molecular formula is C24H28N2O6. The van der Waals surface area contributed by atoms with Gasteiger partial charge in [-0.2, -0.15) is 4.74 Å². The molecule has 0 aliphatic carbocycles. The second-order valence-electron chi connectivity index (χ2n) is 8.54. The van der Waals surface area contributed by atoms with E-state index in [9.17, 15) is 14.8 Å². The van der Waals surface area contributed by atoms with E-state index in [0.717, 1.165) is 11.1 Å². The van der Waals surface area contributed by atoms with E-state index in [1.54, 1.807) is 57.2 Å². The van der Waals surface area contributed by atoms with Gasteiger partial charge in [0.15, 0.2) is 6.04 Å². The average Bonchev–Trinajstić information content (AvgIpc) is 2.75. The van der Waals surface area contributed by atoms with Crippen molar-refractivity contribution in [3.05, 3.63) is 64.4 Å². The second kappa shape index (κ2) is 9.30. The number of carbonyl (C=O) groups is 2. The van der Waals surface area contributed by atoms with Gasteiger partial charge in [-0.05, 0) is 68.1 Å². The summed E-state index contributed by atoms with van der Waals surface area (Å²) in [7, 11) is 1.30. The maximum Gasteiger partial charge on any atom is 0.411 e. The van der Waals surface area contributed by atoms with Gasteiger partial charge in [0.2, 0.25) is 5.69 Å². The van der Waals surface area contributed by atoms with Gasteiger partial charge >= 0.3 is 12.1 Å². The first-order chi connectivity index (χ1) is 15.1. The molecule has 8 nitrogen and oxygen atoms in total. The van der Waals surface area contributed by atoms with E-state index in [4.69, 9.17) is 14.2 Å². The number of methoxy groups -OCH3 is 1. The number of amides is 1. The maximum atomic E-state index is 12.7. The summed E-state index contributed by atoms with van der Waals surface area (Å²) in [5, 5.41) is 11.2. The summed E-state index contributed by atoms with van der Waals surface area (Å²) in [5.74, 6) is 0.119. The van der Waals surface area contributed by atoms with Crippen molar-refractivity contribution in [3.8, 4) is 5.75 Å². The quantitative estimate of drug-likeness (QED) is 0.228. The number of carbonyl (C=O) groups excluding carboxylic acids is 2. The van der Waals surface area contributed by atoms with Crippen LogP contribution in [-0.4, -0.2) is 47.7 Å². The lowest BCUT2D eigenvalue weighted by Gasteiger charge is -2.36. The van der Waals surface area contributed by atoms with E-state index in [1.165, 1.54) is 12.0 Å². The standard InChI is InChI=1S/C24H28N2O6/c1-24(2,3)32-23(28)26-13-12-17-14-19(10-11-20(17)21(26)22(27)30-5)31-15-16-6-8-18(9-7-16)25(4)29/h6-11,14,21H,4,12-13,15H2,1-3,5H3/t21-/m1/s1. The number of nitrogens with zero attached hydrogens (tertiary/aromatic N) is 2. The average molecular weight is 440 g/mol. The maximum absolute atomic E-state index is 12.7. The lowest BCUT2D eigenvalue weighted by Crippen LogP contribution is -2.46. The van der Waals surface area contributed by atoms with Gasteiger partial charge in [0.1, 0.15) is 24.7 Å². The van der Waals surface area contributed by atoms with Gasteiger partial charge in [0, 0.05) is 18.7 Å². The van der Waals surface area contributed by atoms with Gasteiger partial charge in [-0.3, -0.25) is 4.90 Å². The number of esters is 1. The van der Waals surface area contributed by atoms with Crippen LogP contribution in [-0.2, 0) is 27.3 Å². The third-order valence-electron chi connectivity index (χ3n) is 5.03. The Kier molecular flexibility index (Phi) is 6.72. The highest BCUT2D eigenvalue weighted by molar-refractivity contribution is 5.84. The Morgan fingerprint density at radius 1 is 1.19 bits per heavy atom. The molecular weight excluding hydrogens is 412 g/mol. The molecule has 1 amide bonds. The number of benzene rings is 2. The van der Waals surface area contributed by atoms with Crippen molar-refractivity contribution in [3.63, 3.8) is 0 Å². The monoisotopic (exact) mass is 440 g/mol. The molecule has 0 fully saturated rings. The topological polar surface area (TPSA) is 91.1 Å². The van der Waals surface area contributed by atoms with Crippen molar-refractivity contribution in [1.29, 1.82) is 0 Å². The highest BCUT2D eigenvalue weighted by Crippen LogP contribution is 2.34. The number of rotatable bonds is 5. The summed E-state index contributed by atoms with van der Waals surface area (Å²) in [5.41, 5.74) is 2.29. The second-order valence-corrected chi connectivity index (χ2v) is 8.54. The van der Waals surface area contributed by atoms with Crippen molar-refractivity contribution < 1.29 is 28.5 Å². The molecule has 8 heteroatoms. The Bertz CT molecular complexity index is 1010. The van der Waals surface area contributed by atoms with E-state index >= 15 is 0 Å². The zero-order valence-electron chi connectivity index (χ0n) is 18.8. The third-order valence-corrected chi connectivity index (χ3v) is 5.03. The molecule has 1 atom stereocenters. The van der Waals surface area contributed by atoms with Crippen molar-refractivity contribution in [1.82, 2.24) is 4.90 Å². The first kappa shape index (κ1) is 23.1. The molecule has 32 heavy (non-hydrogen) atoms. The van der Waals surface area contributed by atoms with Crippen LogP contribution in [0.5, 0.6) is 5.75 Å². The minimum atomic E-state index is -0.877. The van der Waals surface area contributed by atoms with Crippen LogP contribution < -0.4 is 4.74 Å². The molecule has 0 aromatic heterocycles. The first-order valence-corrected chi connectivity index (χ1v) is 10.3. The van der Waals surface area contributed by atoms with Gasteiger partial charge < -0.3 is 19.4 Å². The van der Waals surface area contributed by atoms with Crippen LogP contribution in [0.25, 0.3) is 0 Å². The molecule has 0 N–H and O–H groups in total. The largest absolute Gasteiger partial charge is 0.619 e. The number of hydrogen-bond donors (Lipinski definition) is 0. The van der Waals surface area contributed by atoms with Crippen molar-refractivity contribution in [2.75, 3.05) is 13.7 Å². The minimum Gasteiger partial charge on any atom is -0.619 e. The van der Waals surface area contributed by atoms with E-state index in [2.05, 4.69) is 6.72 Å². The van der Waals surface area contributed by atoms with Crippen molar-refractivity contribution in [2.24, 2.45) is 0 Å². The molecule has 2 aromatic rings. The molecule has 0 saturated carbocycles. The van der Waals surface area contributed by atoms with Gasteiger partial charge in [0.05, 0.1) is 7.11 Å². The zero-order chi connectivity index (χ0) is 23.5. The van der Waals surface area contributed by atoms with Crippen LogP contribution in [0.2, 0.25) is 0 Å². The van der Waals surface area contributed by atoms with Crippen LogP contribution in [0.15, 0.2) is 42.5 Å². The molecule has 1 heterocycles. The van der Waals surface area contributed by atoms with Crippen LogP contribution >= 0.6 is 0 Å². The summed E-state index contributed by atoms with van der Waals surface area (Å²) in [6.45, 7) is 9.30. The fourth-order valence-electron chi connectivity index (χ4n) is 3.50. The minimum absolute atomic E-state index is 0.319. The molecule has 2 aromatic carbocycles. The van der Waals surface area contributed by atoms with Crippen LogP contribution in [0.4, 0.5) is 10.5 Å². The summed E-state index contributed by atoms with van der Waals surface area (Å²) >= 11 is 0. The van der Waals surface area contributed by atoms with Crippen LogP contribution in [0, 0.1) is 5.21 Å². The third kappa shape index (κ3) is 5.38. The van der Waals surface area contributed by atoms with Crippen molar-refractivity contribution in [2.45, 2.75) is 45.4 Å². The fourth-order valence-corrected chi connectivity index (χ4v) is 3.50. The van der Waals surface area contributed by atoms with Gasteiger partial charge in [0.25, 0.3) is 0 Å². The molecule has 0 bridgehead atoms. The molecule has 0 radical (unpaired) electrons. The summed E-state index contributed by atoms with van der Waals surface area (Å²) in [4.78, 5) is 26.6. The lowest BCUT2D eigenvalue weighted by atomic mass is 9.92. The summed E-state index contributed by atoms with van der Waals surface area (Å²) in [6.07, 6.45) is -0.00202. The SMILES string of the molecule is C=[N+]([O-])c1ccc(COc2ccc3c(c2)CCN(C(=O)OC(C)(C)C)[C@H]3C(=O)OC)cc1. The Labute approximate surface area is 187 Å². The predicted molar refractivity (Wildman–Crippen MR) is 119 cm³/mol. The fraction of sp³-hybridized carbons (Fsp3) is 0.375. The Balaban J connectivity index is 1.77. The normalized spacial score (nSPS) is 15.5. The number of ether oxygens (including phenoxy) is 3. The van der Waals surface area contributed by atoms with Gasteiger partial charge in [-0.25, -0.2) is 9.59 Å². The van der Waals surface area contributed by atoms with Crippen LogP contribution in [0.3, 0.4) is 0 Å². The summed E-state index contributed by atoms with van der Waals surface area (Å²) < 4.78 is 16.9. The molecule has 1 aliphatic rings. The molecule has 170 valence electrons. The van der Waals surface area contributed by atoms with Crippen molar-refractivity contribution >= 4 is 24.5 Å². The smallest absolute Gasteiger partial charge is 0.411 e. The Hall–Kier alpha value is -3.55. The number of hydrogen-bond acceptors (Lipinski definition) is 6. The Morgan fingerprint density at radius 2 is 1.88 bits per heavy atom. The molecule has 0 saturated heterocycles. The predicted octanol–water partition coefficient (Wildman–Crippen LogP) is 4.12. The summed E-state index contributed by atoms with van der Waals surface area (Å²) in [6, 6.07) is 11.5. The highest BCUT2D eigenvalue weighted by atomic mass is 16.6. The first-order valence-electron chi connectivity index (χ1n) is 10.3. The van der Waals surface area contributed by atoms with E-state index in [-0.39, 0.29) is 0 Å². The zero-order valence-corrected chi connectivity index (χ0v) is 18.8. The van der Waals surface area contributed by atoms with E-state index < -0.39 is 23.7 Å². The molecule has 0 unspecified atom stereocenters. The molecule has 3 rings (SSSR count). The Morgan fingerprint density at radius 3 is 2.47 bits per heavy atom. The highest BCUT2D eigenvalue weighted by Gasteiger charge is 2.39. The lowest BCUT2D eigenvalue weighted by molar-refractivity contribution is -0.349. The molecule has 0 spiro atoms. The molecule has 1 aliphatic heterocycles. The van der Waals surface area contributed by atoms with E-state index in [0.29, 0.717) is 41.3 Å². The van der Waals surface area contributed by atoms with Gasteiger partial charge in [-0.15, -0.1) is 0 Å².